The molecule has 92 valence electrons. The van der Waals surface area contributed by atoms with Gasteiger partial charge in [-0.2, -0.15) is 0 Å². The Morgan fingerprint density at radius 3 is 2.12 bits per heavy atom. The second kappa shape index (κ2) is 4.13. The van der Waals surface area contributed by atoms with E-state index in [1.165, 1.54) is 0 Å². The second-order valence-corrected chi connectivity index (χ2v) is 5.88. The molecule has 1 aliphatic rings. The van der Waals surface area contributed by atoms with Crippen LogP contribution in [0.2, 0.25) is 10.2 Å². The zero-order valence-electron chi connectivity index (χ0n) is 10.3. The molecular formula is C11H14BCl2NO2. The van der Waals surface area contributed by atoms with E-state index in [0.29, 0.717) is 15.8 Å². The smallest absolute Gasteiger partial charge is 0.398 e. The second-order valence-electron chi connectivity index (χ2n) is 5.09. The van der Waals surface area contributed by atoms with E-state index in [2.05, 4.69) is 4.98 Å². The van der Waals surface area contributed by atoms with Gasteiger partial charge in [-0.15, -0.1) is 0 Å². The van der Waals surface area contributed by atoms with Crippen molar-refractivity contribution in [1.29, 1.82) is 0 Å². The third-order valence-electron chi connectivity index (χ3n) is 3.32. The molecule has 0 atom stereocenters. The topological polar surface area (TPSA) is 31.4 Å². The molecule has 0 unspecified atom stereocenters. The van der Waals surface area contributed by atoms with Crippen molar-refractivity contribution in [3.63, 3.8) is 0 Å². The number of rotatable bonds is 1. The van der Waals surface area contributed by atoms with Crippen LogP contribution in [0.5, 0.6) is 0 Å². The number of pyridine rings is 1. The molecule has 1 aliphatic heterocycles. The maximum Gasteiger partial charge on any atom is 0.516 e. The molecule has 2 rings (SSSR count). The zero-order chi connectivity index (χ0) is 12.8. The third-order valence-corrected chi connectivity index (χ3v) is 3.85. The van der Waals surface area contributed by atoms with E-state index in [0.717, 1.165) is 0 Å². The third kappa shape index (κ3) is 2.32. The van der Waals surface area contributed by atoms with Gasteiger partial charge in [0.2, 0.25) is 0 Å². The van der Waals surface area contributed by atoms with Crippen molar-refractivity contribution in [3.05, 3.63) is 22.3 Å². The lowest BCUT2D eigenvalue weighted by atomic mass is 9.84. The molecule has 0 radical (unpaired) electrons. The fraction of sp³-hybridized carbons (Fsp3) is 0.545. The predicted molar refractivity (Wildman–Crippen MR) is 70.0 cm³/mol. The van der Waals surface area contributed by atoms with Gasteiger partial charge >= 0.3 is 7.12 Å². The van der Waals surface area contributed by atoms with Gasteiger partial charge in [0, 0.05) is 0 Å². The first kappa shape index (κ1) is 13.2. The van der Waals surface area contributed by atoms with Crippen LogP contribution in [0.25, 0.3) is 0 Å². The quantitative estimate of drug-likeness (QED) is 0.582. The van der Waals surface area contributed by atoms with Crippen molar-refractivity contribution < 1.29 is 9.31 Å². The van der Waals surface area contributed by atoms with Crippen LogP contribution in [-0.4, -0.2) is 23.3 Å². The highest BCUT2D eigenvalue weighted by Crippen LogP contribution is 2.36. The first-order valence-corrected chi connectivity index (χ1v) is 6.16. The summed E-state index contributed by atoms with van der Waals surface area (Å²) in [6.45, 7) is 7.91. The molecule has 0 spiro atoms. The van der Waals surface area contributed by atoms with Gasteiger partial charge in [-0.3, -0.25) is 0 Å². The van der Waals surface area contributed by atoms with Gasteiger partial charge in [0.25, 0.3) is 0 Å². The first-order chi connectivity index (χ1) is 7.73. The number of nitrogens with zero attached hydrogens (tertiary/aromatic N) is 1. The highest BCUT2D eigenvalue weighted by Gasteiger charge is 2.52. The van der Waals surface area contributed by atoms with Gasteiger partial charge in [0.15, 0.2) is 0 Å². The Bertz CT molecular complexity index is 435. The van der Waals surface area contributed by atoms with E-state index in [1.807, 2.05) is 27.7 Å². The van der Waals surface area contributed by atoms with Crippen LogP contribution in [0.15, 0.2) is 12.1 Å². The van der Waals surface area contributed by atoms with Crippen molar-refractivity contribution in [2.75, 3.05) is 0 Å². The average Bonchev–Trinajstić information content (AvgIpc) is 2.40. The minimum Gasteiger partial charge on any atom is -0.398 e. The molecule has 0 N–H and O–H groups in total. The molecule has 1 aromatic rings. The SMILES string of the molecule is CC1(C)OB(c2nc(Cl)ccc2Cl)OC1(C)C. The Morgan fingerprint density at radius 1 is 1.06 bits per heavy atom. The van der Waals surface area contributed by atoms with Crippen molar-refractivity contribution in [2.24, 2.45) is 0 Å². The maximum atomic E-state index is 6.08. The van der Waals surface area contributed by atoms with Crippen molar-refractivity contribution >= 4 is 35.9 Å². The molecule has 3 nitrogen and oxygen atoms in total. The summed E-state index contributed by atoms with van der Waals surface area (Å²) in [5, 5.41) is 0.868. The molecule has 0 bridgehead atoms. The van der Waals surface area contributed by atoms with Gasteiger partial charge in [0.1, 0.15) is 5.15 Å². The standard InChI is InChI=1S/C11H14BCl2NO2/c1-10(2)11(3,4)17-12(16-10)9-7(13)5-6-8(14)15-9/h5-6H,1-4H3. The lowest BCUT2D eigenvalue weighted by molar-refractivity contribution is 0.00578. The molecular weight excluding hydrogens is 260 g/mol. The minimum atomic E-state index is -0.578. The molecule has 6 heteroatoms. The van der Waals surface area contributed by atoms with Gasteiger partial charge < -0.3 is 9.31 Å². The monoisotopic (exact) mass is 273 g/mol. The van der Waals surface area contributed by atoms with E-state index in [-0.39, 0.29) is 0 Å². The van der Waals surface area contributed by atoms with E-state index in [9.17, 15) is 0 Å². The first-order valence-electron chi connectivity index (χ1n) is 5.40. The molecule has 1 saturated heterocycles. The average molecular weight is 274 g/mol. The Labute approximate surface area is 112 Å². The number of hydrogen-bond acceptors (Lipinski definition) is 3. The summed E-state index contributed by atoms with van der Waals surface area (Å²) in [6.07, 6.45) is 0. The van der Waals surface area contributed by atoms with E-state index >= 15 is 0 Å². The minimum absolute atomic E-state index is 0.374. The molecule has 1 fully saturated rings. The summed E-state index contributed by atoms with van der Waals surface area (Å²) in [7, 11) is -0.578. The van der Waals surface area contributed by atoms with Crippen LogP contribution in [-0.2, 0) is 9.31 Å². The largest absolute Gasteiger partial charge is 0.516 e. The Kier molecular flexibility index (Phi) is 3.19. The molecule has 0 saturated carbocycles. The summed E-state index contributed by atoms with van der Waals surface area (Å²) < 4.78 is 11.7. The van der Waals surface area contributed by atoms with Crippen LogP contribution < -0.4 is 5.59 Å². The van der Waals surface area contributed by atoms with Crippen molar-refractivity contribution in [3.8, 4) is 0 Å². The summed E-state index contributed by atoms with van der Waals surface area (Å²) in [5.41, 5.74) is -0.298. The van der Waals surface area contributed by atoms with Gasteiger partial charge in [-0.25, -0.2) is 4.98 Å². The van der Waals surface area contributed by atoms with Crippen molar-refractivity contribution in [1.82, 2.24) is 4.98 Å². The Balaban J connectivity index is 2.35. The van der Waals surface area contributed by atoms with E-state index in [4.69, 9.17) is 32.5 Å². The predicted octanol–water partition coefficient (Wildman–Crippen LogP) is 2.69. The summed E-state index contributed by atoms with van der Waals surface area (Å²) in [5.74, 6) is 0. The number of aromatic nitrogens is 1. The highest BCUT2D eigenvalue weighted by atomic mass is 35.5. The summed E-state index contributed by atoms with van der Waals surface area (Å²) >= 11 is 11.9. The van der Waals surface area contributed by atoms with Crippen LogP contribution in [0.3, 0.4) is 0 Å². The van der Waals surface area contributed by atoms with Crippen LogP contribution in [0, 0.1) is 0 Å². The fourth-order valence-corrected chi connectivity index (χ4v) is 1.90. The van der Waals surface area contributed by atoms with Gasteiger partial charge in [0.05, 0.1) is 21.8 Å². The maximum absolute atomic E-state index is 6.08. The molecule has 17 heavy (non-hydrogen) atoms. The lowest BCUT2D eigenvalue weighted by Crippen LogP contribution is -2.41. The highest BCUT2D eigenvalue weighted by molar-refractivity contribution is 6.64. The van der Waals surface area contributed by atoms with Crippen LogP contribution in [0.1, 0.15) is 27.7 Å². The molecule has 0 aliphatic carbocycles. The van der Waals surface area contributed by atoms with Crippen LogP contribution >= 0.6 is 23.2 Å². The van der Waals surface area contributed by atoms with Gasteiger partial charge in [-0.05, 0) is 39.8 Å². The molecule has 0 amide bonds. The molecule has 1 aromatic heterocycles. The Hall–Kier alpha value is -0.285. The fourth-order valence-electron chi connectivity index (χ4n) is 1.55. The molecule has 2 heterocycles. The normalized spacial score (nSPS) is 21.9. The van der Waals surface area contributed by atoms with E-state index < -0.39 is 18.3 Å². The Morgan fingerprint density at radius 2 is 1.59 bits per heavy atom. The lowest BCUT2D eigenvalue weighted by Gasteiger charge is -2.32. The summed E-state index contributed by atoms with van der Waals surface area (Å²) in [4.78, 5) is 4.17. The molecule has 0 aromatic carbocycles. The van der Waals surface area contributed by atoms with Gasteiger partial charge in [-0.1, -0.05) is 23.2 Å². The van der Waals surface area contributed by atoms with Crippen LogP contribution in [0.4, 0.5) is 0 Å². The number of halogens is 2. The van der Waals surface area contributed by atoms with Crippen molar-refractivity contribution in [2.45, 2.75) is 38.9 Å². The number of hydrogen-bond donors (Lipinski definition) is 0. The summed E-state index contributed by atoms with van der Waals surface area (Å²) in [6, 6.07) is 3.33. The zero-order valence-corrected chi connectivity index (χ0v) is 11.8. The van der Waals surface area contributed by atoms with E-state index in [1.54, 1.807) is 12.1 Å².